The van der Waals surface area contributed by atoms with E-state index in [1.54, 1.807) is 18.2 Å². The van der Waals surface area contributed by atoms with Gasteiger partial charge in [0.25, 0.3) is 5.91 Å². The van der Waals surface area contributed by atoms with Gasteiger partial charge < -0.3 is 15.8 Å². The second-order valence-electron chi connectivity index (χ2n) is 4.39. The van der Waals surface area contributed by atoms with E-state index >= 15 is 0 Å². The van der Waals surface area contributed by atoms with Crippen LogP contribution in [0.3, 0.4) is 0 Å². The Hall–Kier alpha value is -1.62. The molecule has 1 atom stereocenters. The van der Waals surface area contributed by atoms with E-state index in [-0.39, 0.29) is 11.8 Å². The fourth-order valence-electron chi connectivity index (χ4n) is 1.40. The van der Waals surface area contributed by atoms with Crippen LogP contribution in [0.1, 0.15) is 30.6 Å². The van der Waals surface area contributed by atoms with Gasteiger partial charge in [0.05, 0.1) is 11.6 Å². The molecule has 1 rings (SSSR count). The van der Waals surface area contributed by atoms with Crippen molar-refractivity contribution < 1.29 is 9.53 Å². The lowest BCUT2D eigenvalue weighted by Crippen LogP contribution is -2.33. The Morgan fingerprint density at radius 1 is 1.53 bits per heavy atom. The maximum Gasteiger partial charge on any atom is 0.251 e. The smallest absolute Gasteiger partial charge is 0.251 e. The van der Waals surface area contributed by atoms with Crippen LogP contribution in [0.5, 0.6) is 5.75 Å². The van der Waals surface area contributed by atoms with Gasteiger partial charge in [0, 0.05) is 18.0 Å². The van der Waals surface area contributed by atoms with Crippen molar-refractivity contribution in [1.82, 2.24) is 5.32 Å². The molecule has 0 aliphatic carbocycles. The second kappa shape index (κ2) is 7.74. The molecule has 0 aromatic heterocycles. The molecule has 0 fully saturated rings. The highest BCUT2D eigenvalue weighted by atomic mass is 32.1. The van der Waals surface area contributed by atoms with Gasteiger partial charge in [-0.3, -0.25) is 4.79 Å². The fraction of sp³-hybridized carbons (Fsp3) is 0.429. The zero-order valence-electron chi connectivity index (χ0n) is 11.3. The number of amides is 1. The summed E-state index contributed by atoms with van der Waals surface area (Å²) in [6.45, 7) is 4.99. The molecule has 1 aromatic carbocycles. The first-order valence-corrected chi connectivity index (χ1v) is 6.75. The van der Waals surface area contributed by atoms with Crippen molar-refractivity contribution in [3.05, 3.63) is 29.8 Å². The van der Waals surface area contributed by atoms with Crippen LogP contribution in [-0.2, 0) is 0 Å². The van der Waals surface area contributed by atoms with Crippen molar-refractivity contribution in [2.75, 3.05) is 13.2 Å². The van der Waals surface area contributed by atoms with Crippen molar-refractivity contribution in [3.8, 4) is 5.75 Å². The zero-order valence-corrected chi connectivity index (χ0v) is 12.1. The average Bonchev–Trinajstić information content (AvgIpc) is 2.42. The summed E-state index contributed by atoms with van der Waals surface area (Å²) in [6.07, 6.45) is 0.932. The maximum atomic E-state index is 11.9. The largest absolute Gasteiger partial charge is 0.494 e. The molecule has 0 radical (unpaired) electrons. The van der Waals surface area contributed by atoms with Gasteiger partial charge in [0.2, 0.25) is 0 Å². The first kappa shape index (κ1) is 15.4. The van der Waals surface area contributed by atoms with Crippen molar-refractivity contribution in [3.63, 3.8) is 0 Å². The molecule has 5 heteroatoms. The lowest BCUT2D eigenvalue weighted by Gasteiger charge is -2.11. The van der Waals surface area contributed by atoms with Crippen LogP contribution in [-0.4, -0.2) is 24.0 Å². The van der Waals surface area contributed by atoms with Crippen LogP contribution >= 0.6 is 12.2 Å². The highest BCUT2D eigenvalue weighted by molar-refractivity contribution is 7.80. The zero-order chi connectivity index (χ0) is 14.3. The molecule has 19 heavy (non-hydrogen) atoms. The monoisotopic (exact) mass is 280 g/mol. The highest BCUT2D eigenvalue weighted by Gasteiger charge is 2.10. The van der Waals surface area contributed by atoms with Crippen LogP contribution < -0.4 is 15.8 Å². The molecule has 0 heterocycles. The first-order valence-electron chi connectivity index (χ1n) is 6.35. The van der Waals surface area contributed by atoms with Crippen LogP contribution in [0.15, 0.2) is 24.3 Å². The highest BCUT2D eigenvalue weighted by Crippen LogP contribution is 2.13. The fourth-order valence-corrected chi connectivity index (χ4v) is 1.48. The number of nitrogens with one attached hydrogen (secondary N) is 1. The standard InChI is InChI=1S/C14H20N2O2S/c1-3-7-18-12-6-4-5-11(8-12)14(17)16-9-10(2)13(15)19/h4-6,8,10H,3,7,9H2,1-2H3,(H2,15,19)(H,16,17). The van der Waals surface area contributed by atoms with Gasteiger partial charge in [-0.25, -0.2) is 0 Å². The number of carbonyl (C=O) groups is 1. The minimum atomic E-state index is -0.148. The molecular formula is C14H20N2O2S. The van der Waals surface area contributed by atoms with Crippen molar-refractivity contribution >= 4 is 23.1 Å². The predicted octanol–water partition coefficient (Wildman–Crippen LogP) is 2.13. The second-order valence-corrected chi connectivity index (χ2v) is 4.86. The van der Waals surface area contributed by atoms with E-state index in [9.17, 15) is 4.79 Å². The maximum absolute atomic E-state index is 11.9. The Morgan fingerprint density at radius 3 is 2.89 bits per heavy atom. The van der Waals surface area contributed by atoms with Crippen molar-refractivity contribution in [2.45, 2.75) is 20.3 Å². The molecule has 1 amide bonds. The lowest BCUT2D eigenvalue weighted by molar-refractivity contribution is 0.0951. The Kier molecular flexibility index (Phi) is 6.29. The van der Waals surface area contributed by atoms with E-state index in [2.05, 4.69) is 5.32 Å². The SMILES string of the molecule is CCCOc1cccc(C(=O)NCC(C)C(N)=S)c1. The minimum Gasteiger partial charge on any atom is -0.494 e. The third-order valence-corrected chi connectivity index (χ3v) is 3.03. The molecule has 0 spiro atoms. The summed E-state index contributed by atoms with van der Waals surface area (Å²) in [6, 6.07) is 7.12. The van der Waals surface area contributed by atoms with Crippen molar-refractivity contribution in [1.29, 1.82) is 0 Å². The Morgan fingerprint density at radius 2 is 2.26 bits per heavy atom. The van der Waals surface area contributed by atoms with Crippen molar-refractivity contribution in [2.24, 2.45) is 11.7 Å². The summed E-state index contributed by atoms with van der Waals surface area (Å²) in [5, 5.41) is 2.80. The van der Waals surface area contributed by atoms with E-state index < -0.39 is 0 Å². The van der Waals surface area contributed by atoms with E-state index in [1.807, 2.05) is 19.9 Å². The third-order valence-electron chi connectivity index (χ3n) is 2.62. The number of rotatable bonds is 7. The predicted molar refractivity (Wildman–Crippen MR) is 80.5 cm³/mol. The summed E-state index contributed by atoms with van der Waals surface area (Å²) < 4.78 is 5.49. The van der Waals surface area contributed by atoms with Gasteiger partial charge in [0.1, 0.15) is 5.75 Å². The quantitative estimate of drug-likeness (QED) is 0.751. The van der Waals surface area contributed by atoms with Crippen LogP contribution in [0.25, 0.3) is 0 Å². The Bertz CT molecular complexity index is 449. The number of ether oxygens (including phenoxy) is 1. The van der Waals surface area contributed by atoms with Crippen LogP contribution in [0.4, 0.5) is 0 Å². The van der Waals surface area contributed by atoms with E-state index in [4.69, 9.17) is 22.7 Å². The topological polar surface area (TPSA) is 64.3 Å². The summed E-state index contributed by atoms with van der Waals surface area (Å²) in [5.41, 5.74) is 6.07. The number of thiocarbonyl (C=S) groups is 1. The first-order chi connectivity index (χ1) is 9.04. The third kappa shape index (κ3) is 5.26. The van der Waals surface area contributed by atoms with Gasteiger partial charge >= 0.3 is 0 Å². The van der Waals surface area contributed by atoms with Gasteiger partial charge in [0.15, 0.2) is 0 Å². The summed E-state index contributed by atoms with van der Waals surface area (Å²) in [5.74, 6) is 0.542. The molecule has 0 bridgehead atoms. The van der Waals surface area contributed by atoms with Gasteiger partial charge in [-0.15, -0.1) is 0 Å². The minimum absolute atomic E-state index is 0.0153. The molecule has 4 nitrogen and oxygen atoms in total. The number of benzene rings is 1. The molecule has 1 unspecified atom stereocenters. The molecular weight excluding hydrogens is 260 g/mol. The van der Waals surface area contributed by atoms with Gasteiger partial charge in [-0.1, -0.05) is 32.1 Å². The summed E-state index contributed by atoms with van der Waals surface area (Å²) in [4.78, 5) is 12.4. The normalized spacial score (nSPS) is 11.7. The van der Waals surface area contributed by atoms with Gasteiger partial charge in [-0.2, -0.15) is 0 Å². The molecule has 0 aliphatic rings. The van der Waals surface area contributed by atoms with Gasteiger partial charge in [-0.05, 0) is 24.6 Å². The van der Waals surface area contributed by atoms with E-state index in [1.165, 1.54) is 0 Å². The molecule has 0 aliphatic heterocycles. The molecule has 3 N–H and O–H groups in total. The molecule has 104 valence electrons. The number of hydrogen-bond donors (Lipinski definition) is 2. The van der Waals surface area contributed by atoms with Crippen LogP contribution in [0.2, 0.25) is 0 Å². The number of nitrogens with two attached hydrogens (primary N) is 1. The molecule has 1 aromatic rings. The van der Waals surface area contributed by atoms with E-state index in [0.29, 0.717) is 29.5 Å². The average molecular weight is 280 g/mol. The number of hydrogen-bond acceptors (Lipinski definition) is 3. The number of carbonyl (C=O) groups excluding carboxylic acids is 1. The summed E-state index contributed by atoms with van der Waals surface area (Å²) in [7, 11) is 0. The molecule has 0 saturated heterocycles. The molecule has 0 saturated carbocycles. The van der Waals surface area contributed by atoms with E-state index in [0.717, 1.165) is 6.42 Å². The Balaban J connectivity index is 2.59. The summed E-state index contributed by atoms with van der Waals surface area (Å²) >= 11 is 4.86. The van der Waals surface area contributed by atoms with Crippen LogP contribution in [0, 0.1) is 5.92 Å². The lowest BCUT2D eigenvalue weighted by atomic mass is 10.1. The Labute approximate surface area is 119 Å².